The normalized spacial score (nSPS) is 24.2. The third-order valence-electron chi connectivity index (χ3n) is 4.47. The fraction of sp³-hybridized carbons (Fsp3) is 0.500. The van der Waals surface area contributed by atoms with Crippen molar-refractivity contribution in [1.29, 1.82) is 0 Å². The van der Waals surface area contributed by atoms with Crippen LogP contribution in [0.2, 0.25) is 10.0 Å². The fourth-order valence-corrected chi connectivity index (χ4v) is 3.81. The van der Waals surface area contributed by atoms with Gasteiger partial charge in [-0.15, -0.1) is 0 Å². The number of nitrogens with zero attached hydrogens (tertiary/aromatic N) is 2. The summed E-state index contributed by atoms with van der Waals surface area (Å²) in [7, 11) is 0. The van der Waals surface area contributed by atoms with Crippen LogP contribution in [0.4, 0.5) is 5.69 Å². The molecule has 2 fully saturated rings. The first-order valence-electron chi connectivity index (χ1n) is 6.90. The van der Waals surface area contributed by atoms with Crippen molar-refractivity contribution >= 4 is 34.8 Å². The van der Waals surface area contributed by atoms with Crippen LogP contribution >= 0.6 is 23.2 Å². The Hall–Kier alpha value is -1.33. The van der Waals surface area contributed by atoms with Gasteiger partial charge in [0.25, 0.3) is 11.6 Å². The Morgan fingerprint density at radius 2 is 1.86 bits per heavy atom. The molecular weight excluding hydrogens is 315 g/mol. The summed E-state index contributed by atoms with van der Waals surface area (Å²) < 4.78 is 0. The van der Waals surface area contributed by atoms with Gasteiger partial charge in [-0.05, 0) is 24.7 Å². The number of hydrogen-bond donors (Lipinski definition) is 0. The number of benzene rings is 1. The number of carbonyl (C=O) groups is 1. The Morgan fingerprint density at radius 3 is 2.43 bits per heavy atom. The Kier molecular flexibility index (Phi) is 3.80. The quantitative estimate of drug-likeness (QED) is 0.613. The van der Waals surface area contributed by atoms with Crippen LogP contribution in [-0.4, -0.2) is 28.8 Å². The lowest BCUT2D eigenvalue weighted by Gasteiger charge is -2.18. The zero-order valence-corrected chi connectivity index (χ0v) is 12.7. The number of rotatable bonds is 2. The van der Waals surface area contributed by atoms with Gasteiger partial charge in [0.1, 0.15) is 0 Å². The highest BCUT2D eigenvalue weighted by Crippen LogP contribution is 2.39. The van der Waals surface area contributed by atoms with E-state index in [9.17, 15) is 14.9 Å². The van der Waals surface area contributed by atoms with E-state index in [1.807, 2.05) is 0 Å². The number of nitro benzene ring substituents is 1. The molecule has 1 amide bonds. The summed E-state index contributed by atoms with van der Waals surface area (Å²) >= 11 is 12.0. The predicted molar refractivity (Wildman–Crippen MR) is 79.9 cm³/mol. The lowest BCUT2D eigenvalue weighted by molar-refractivity contribution is -0.384. The molecule has 1 aliphatic carbocycles. The molecule has 0 aromatic heterocycles. The Balaban J connectivity index is 1.89. The van der Waals surface area contributed by atoms with E-state index in [2.05, 4.69) is 0 Å². The van der Waals surface area contributed by atoms with Gasteiger partial charge < -0.3 is 4.90 Å². The van der Waals surface area contributed by atoms with E-state index in [-0.39, 0.29) is 27.2 Å². The van der Waals surface area contributed by atoms with E-state index >= 15 is 0 Å². The van der Waals surface area contributed by atoms with E-state index < -0.39 is 4.92 Å². The highest BCUT2D eigenvalue weighted by molar-refractivity contribution is 6.44. The first kappa shape index (κ1) is 14.6. The minimum absolute atomic E-state index is 0.0357. The highest BCUT2D eigenvalue weighted by atomic mass is 35.5. The van der Waals surface area contributed by atoms with Crippen molar-refractivity contribution in [3.8, 4) is 0 Å². The number of hydrogen-bond acceptors (Lipinski definition) is 3. The van der Waals surface area contributed by atoms with Gasteiger partial charge in [-0.1, -0.05) is 29.6 Å². The Labute approximate surface area is 132 Å². The van der Waals surface area contributed by atoms with Crippen LogP contribution in [0.15, 0.2) is 12.1 Å². The summed E-state index contributed by atoms with van der Waals surface area (Å²) in [5.41, 5.74) is -0.0945. The van der Waals surface area contributed by atoms with Crippen LogP contribution in [0, 0.1) is 22.0 Å². The number of halogens is 2. The number of amides is 1. The summed E-state index contributed by atoms with van der Waals surface area (Å²) in [6.07, 6.45) is 3.52. The summed E-state index contributed by atoms with van der Waals surface area (Å²) in [6.45, 7) is 1.42. The molecule has 1 aliphatic heterocycles. The van der Waals surface area contributed by atoms with E-state index in [1.54, 1.807) is 4.90 Å². The van der Waals surface area contributed by atoms with Crippen LogP contribution in [0.3, 0.4) is 0 Å². The van der Waals surface area contributed by atoms with Crippen molar-refractivity contribution in [2.75, 3.05) is 13.1 Å². The van der Waals surface area contributed by atoms with Gasteiger partial charge in [-0.3, -0.25) is 14.9 Å². The minimum Gasteiger partial charge on any atom is -0.338 e. The average Bonchev–Trinajstić information content (AvgIpc) is 3.01. The second-order valence-corrected chi connectivity index (χ2v) is 6.49. The molecule has 0 N–H and O–H groups in total. The zero-order chi connectivity index (χ0) is 15.1. The molecule has 2 unspecified atom stereocenters. The fourth-order valence-electron chi connectivity index (χ4n) is 3.41. The number of fused-ring (bicyclic) bond motifs is 1. The average molecular weight is 329 g/mol. The lowest BCUT2D eigenvalue weighted by atomic mass is 10.0. The smallest absolute Gasteiger partial charge is 0.271 e. The standard InChI is InChI=1S/C14H14Cl2N2O3/c15-12-5-10(18(20)21)4-11(13(12)16)14(19)17-6-8-2-1-3-9(8)7-17/h4-5,8-9H,1-3,6-7H2. The molecule has 0 radical (unpaired) electrons. The van der Waals surface area contributed by atoms with Gasteiger partial charge in [-0.25, -0.2) is 0 Å². The van der Waals surface area contributed by atoms with Gasteiger partial charge in [0, 0.05) is 25.2 Å². The molecule has 1 aromatic carbocycles. The molecule has 0 bridgehead atoms. The largest absolute Gasteiger partial charge is 0.338 e. The number of likely N-dealkylation sites (tertiary alicyclic amines) is 1. The molecule has 21 heavy (non-hydrogen) atoms. The molecule has 2 atom stereocenters. The molecule has 1 heterocycles. The Bertz CT molecular complexity index is 608. The van der Waals surface area contributed by atoms with Crippen LogP contribution in [0.25, 0.3) is 0 Å². The second kappa shape index (κ2) is 5.46. The van der Waals surface area contributed by atoms with Gasteiger partial charge >= 0.3 is 0 Å². The molecule has 7 heteroatoms. The predicted octanol–water partition coefficient (Wildman–Crippen LogP) is 3.77. The number of nitro groups is 1. The van der Waals surface area contributed by atoms with Crippen molar-refractivity contribution in [3.63, 3.8) is 0 Å². The molecule has 1 saturated heterocycles. The van der Waals surface area contributed by atoms with Gasteiger partial charge in [0.15, 0.2) is 0 Å². The van der Waals surface area contributed by atoms with Crippen molar-refractivity contribution in [1.82, 2.24) is 4.90 Å². The van der Waals surface area contributed by atoms with Crippen LogP contribution in [-0.2, 0) is 0 Å². The van der Waals surface area contributed by atoms with Gasteiger partial charge in [0.05, 0.1) is 20.5 Å². The molecule has 112 valence electrons. The maximum absolute atomic E-state index is 12.6. The monoisotopic (exact) mass is 328 g/mol. The lowest BCUT2D eigenvalue weighted by Crippen LogP contribution is -2.29. The number of non-ortho nitro benzene ring substituents is 1. The molecule has 0 spiro atoms. The van der Waals surface area contributed by atoms with E-state index in [0.717, 1.165) is 12.8 Å². The van der Waals surface area contributed by atoms with E-state index in [4.69, 9.17) is 23.2 Å². The third kappa shape index (κ3) is 2.60. The Morgan fingerprint density at radius 1 is 1.24 bits per heavy atom. The molecule has 3 rings (SSSR count). The van der Waals surface area contributed by atoms with Crippen molar-refractivity contribution in [2.45, 2.75) is 19.3 Å². The summed E-state index contributed by atoms with van der Waals surface area (Å²) in [5, 5.41) is 11.0. The molecular formula is C14H14Cl2N2O3. The zero-order valence-electron chi connectivity index (χ0n) is 11.2. The molecule has 1 aromatic rings. The van der Waals surface area contributed by atoms with Crippen LogP contribution < -0.4 is 0 Å². The first-order chi connectivity index (χ1) is 9.97. The maximum atomic E-state index is 12.6. The summed E-state index contributed by atoms with van der Waals surface area (Å²) in [5.74, 6) is 0.851. The second-order valence-electron chi connectivity index (χ2n) is 5.71. The first-order valence-corrected chi connectivity index (χ1v) is 7.65. The van der Waals surface area contributed by atoms with E-state index in [0.29, 0.717) is 24.9 Å². The van der Waals surface area contributed by atoms with Crippen LogP contribution in [0.5, 0.6) is 0 Å². The van der Waals surface area contributed by atoms with E-state index in [1.165, 1.54) is 18.6 Å². The number of carbonyl (C=O) groups excluding carboxylic acids is 1. The summed E-state index contributed by atoms with van der Waals surface area (Å²) in [4.78, 5) is 24.7. The van der Waals surface area contributed by atoms with Crippen molar-refractivity contribution in [3.05, 3.63) is 37.9 Å². The van der Waals surface area contributed by atoms with Gasteiger partial charge in [-0.2, -0.15) is 0 Å². The van der Waals surface area contributed by atoms with Gasteiger partial charge in [0.2, 0.25) is 0 Å². The maximum Gasteiger partial charge on any atom is 0.271 e. The minimum atomic E-state index is -0.572. The van der Waals surface area contributed by atoms with Crippen molar-refractivity contribution in [2.24, 2.45) is 11.8 Å². The highest BCUT2D eigenvalue weighted by Gasteiger charge is 2.39. The molecule has 2 aliphatic rings. The van der Waals surface area contributed by atoms with Crippen molar-refractivity contribution < 1.29 is 9.72 Å². The molecule has 5 nitrogen and oxygen atoms in total. The third-order valence-corrected chi connectivity index (χ3v) is 5.27. The molecule has 1 saturated carbocycles. The topological polar surface area (TPSA) is 63.4 Å². The SMILES string of the molecule is O=C(c1cc([N+](=O)[O-])cc(Cl)c1Cl)N1CC2CCCC2C1. The summed E-state index contributed by atoms with van der Waals surface area (Å²) in [6, 6.07) is 2.38. The van der Waals surface area contributed by atoms with Crippen LogP contribution in [0.1, 0.15) is 29.6 Å².